The van der Waals surface area contributed by atoms with Gasteiger partial charge in [-0.1, -0.05) is 97.8 Å². The average Bonchev–Trinajstić information content (AvgIpc) is 3.03. The third-order valence-corrected chi connectivity index (χ3v) is 8.39. The average molecular weight is 671 g/mol. The van der Waals surface area contributed by atoms with Gasteiger partial charge in [-0.05, 0) is 35.9 Å². The van der Waals surface area contributed by atoms with Crippen molar-refractivity contribution in [3.8, 4) is 0 Å². The maximum atomic E-state index is 13.5. The lowest BCUT2D eigenvalue weighted by atomic mass is 9.84. The Morgan fingerprint density at radius 2 is 1.46 bits per heavy atom. The van der Waals surface area contributed by atoms with E-state index in [4.69, 9.17) is 27.9 Å². The zero-order valence-corrected chi connectivity index (χ0v) is 26.2. The van der Waals surface area contributed by atoms with Crippen LogP contribution < -0.4 is 16.0 Å². The first-order valence-electron chi connectivity index (χ1n) is 14.8. The highest BCUT2D eigenvalue weighted by molar-refractivity contribution is 6.40. The highest BCUT2D eigenvalue weighted by Crippen LogP contribution is 2.28. The SMILES string of the molecule is O=C(O)CC(NC(=O)C(CC1CCCCC1)NC(=O)C(=O)Nc1cccc2ccccc12)C(=O)COC(=O)c1c(Cl)cccc1Cl. The van der Waals surface area contributed by atoms with Crippen LogP contribution in [-0.4, -0.2) is 59.2 Å². The van der Waals surface area contributed by atoms with E-state index in [0.717, 1.165) is 42.9 Å². The Morgan fingerprint density at radius 3 is 2.15 bits per heavy atom. The fraction of sp³-hybridized carbons (Fsp3) is 0.333. The predicted octanol–water partition coefficient (Wildman–Crippen LogP) is 4.93. The van der Waals surface area contributed by atoms with E-state index in [1.54, 1.807) is 24.3 Å². The second-order valence-electron chi connectivity index (χ2n) is 11.0. The number of hydrogen-bond acceptors (Lipinski definition) is 7. The van der Waals surface area contributed by atoms with Gasteiger partial charge >= 0.3 is 23.8 Å². The molecule has 0 aromatic heterocycles. The third kappa shape index (κ3) is 9.27. The zero-order valence-electron chi connectivity index (χ0n) is 24.7. The lowest BCUT2D eigenvalue weighted by molar-refractivity contribution is -0.141. The fourth-order valence-corrected chi connectivity index (χ4v) is 5.97. The first-order valence-corrected chi connectivity index (χ1v) is 15.5. The van der Waals surface area contributed by atoms with Crippen LogP contribution in [-0.2, 0) is 28.7 Å². The fourth-order valence-electron chi connectivity index (χ4n) is 5.42. The molecule has 0 spiro atoms. The van der Waals surface area contributed by atoms with Gasteiger partial charge in [-0.2, -0.15) is 0 Å². The Hall–Kier alpha value is -4.48. The van der Waals surface area contributed by atoms with Crippen molar-refractivity contribution in [2.24, 2.45) is 5.92 Å². The maximum absolute atomic E-state index is 13.5. The van der Waals surface area contributed by atoms with E-state index in [9.17, 15) is 33.9 Å². The Bertz CT molecular complexity index is 1610. The van der Waals surface area contributed by atoms with Crippen LogP contribution in [0.25, 0.3) is 10.8 Å². The molecule has 0 radical (unpaired) electrons. The van der Waals surface area contributed by atoms with Gasteiger partial charge in [0.25, 0.3) is 0 Å². The van der Waals surface area contributed by atoms with Crippen LogP contribution in [0, 0.1) is 5.92 Å². The van der Waals surface area contributed by atoms with Crippen molar-refractivity contribution in [3.05, 3.63) is 76.3 Å². The molecule has 3 amide bonds. The molecule has 4 rings (SSSR count). The van der Waals surface area contributed by atoms with Gasteiger partial charge < -0.3 is 25.8 Å². The number of fused-ring (bicyclic) bond motifs is 1. The number of Topliss-reactive ketones (excluding diaryl/α,β-unsaturated/α-hetero) is 1. The number of rotatable bonds is 12. The van der Waals surface area contributed by atoms with E-state index in [1.165, 1.54) is 18.2 Å². The molecule has 1 aliphatic rings. The molecular formula is C33H33Cl2N3O8. The summed E-state index contributed by atoms with van der Waals surface area (Å²) in [6.07, 6.45) is 3.89. The molecule has 4 N–H and O–H groups in total. The maximum Gasteiger partial charge on any atom is 0.341 e. The van der Waals surface area contributed by atoms with Crippen molar-refractivity contribution in [2.75, 3.05) is 11.9 Å². The van der Waals surface area contributed by atoms with Gasteiger partial charge in [-0.25, -0.2) is 4.79 Å². The molecule has 3 aromatic carbocycles. The van der Waals surface area contributed by atoms with Crippen molar-refractivity contribution in [2.45, 2.75) is 57.0 Å². The summed E-state index contributed by atoms with van der Waals surface area (Å²) in [6, 6.07) is 14.0. The van der Waals surface area contributed by atoms with Crippen molar-refractivity contribution in [1.82, 2.24) is 10.6 Å². The standard InChI is InChI=1S/C33H33Cl2N3O8/c34-22-13-7-14-23(35)29(22)33(45)46-18-27(39)25(17-28(40)41)37-30(42)26(16-19-8-2-1-3-9-19)38-32(44)31(43)36-24-15-6-11-20-10-4-5-12-21(20)24/h4-7,10-15,19,25-26H,1-3,8-9,16-18H2,(H,36,43)(H,37,42)(H,38,44)(H,40,41). The number of benzene rings is 3. The second-order valence-corrected chi connectivity index (χ2v) is 11.9. The number of halogens is 2. The van der Waals surface area contributed by atoms with E-state index in [2.05, 4.69) is 16.0 Å². The minimum absolute atomic E-state index is 0.00822. The van der Waals surface area contributed by atoms with Gasteiger partial charge in [0, 0.05) is 11.1 Å². The molecule has 0 aliphatic heterocycles. The molecule has 2 unspecified atom stereocenters. The molecule has 11 nitrogen and oxygen atoms in total. The van der Waals surface area contributed by atoms with E-state index in [0.29, 0.717) is 5.69 Å². The van der Waals surface area contributed by atoms with Crippen LogP contribution in [0.5, 0.6) is 0 Å². The highest BCUT2D eigenvalue weighted by atomic mass is 35.5. The quantitative estimate of drug-likeness (QED) is 0.156. The van der Waals surface area contributed by atoms with Gasteiger partial charge in [-0.3, -0.25) is 24.0 Å². The van der Waals surface area contributed by atoms with Crippen molar-refractivity contribution in [3.63, 3.8) is 0 Å². The number of ketones is 1. The second kappa shape index (κ2) is 16.2. The molecular weight excluding hydrogens is 637 g/mol. The zero-order chi connectivity index (χ0) is 33.2. The van der Waals surface area contributed by atoms with Gasteiger partial charge in [0.05, 0.1) is 22.0 Å². The Balaban J connectivity index is 1.46. The number of anilines is 1. The summed E-state index contributed by atoms with van der Waals surface area (Å²) in [5.41, 5.74) is 0.237. The Morgan fingerprint density at radius 1 is 0.804 bits per heavy atom. The van der Waals surface area contributed by atoms with Crippen LogP contribution in [0.4, 0.5) is 5.69 Å². The molecule has 1 saturated carbocycles. The first-order chi connectivity index (χ1) is 22.0. The van der Waals surface area contributed by atoms with E-state index in [-0.39, 0.29) is 27.9 Å². The molecule has 1 aliphatic carbocycles. The van der Waals surface area contributed by atoms with Crippen LogP contribution in [0.3, 0.4) is 0 Å². The first kappa shape index (κ1) is 34.4. The minimum Gasteiger partial charge on any atom is -0.481 e. The molecule has 0 saturated heterocycles. The van der Waals surface area contributed by atoms with Crippen LogP contribution in [0.1, 0.15) is 55.3 Å². The number of amides is 3. The summed E-state index contributed by atoms with van der Waals surface area (Å²) < 4.78 is 5.04. The smallest absolute Gasteiger partial charge is 0.341 e. The van der Waals surface area contributed by atoms with Crippen molar-refractivity contribution < 1.29 is 38.6 Å². The Kier molecular flexibility index (Phi) is 12.1. The number of carboxylic acids is 1. The molecule has 242 valence electrons. The van der Waals surface area contributed by atoms with E-state index in [1.807, 2.05) is 18.2 Å². The number of carboxylic acid groups (broad SMARTS) is 1. The highest BCUT2D eigenvalue weighted by Gasteiger charge is 2.32. The monoisotopic (exact) mass is 669 g/mol. The number of esters is 1. The van der Waals surface area contributed by atoms with Crippen molar-refractivity contribution >= 4 is 75.1 Å². The van der Waals surface area contributed by atoms with Crippen LogP contribution >= 0.6 is 23.2 Å². The van der Waals surface area contributed by atoms with Gasteiger partial charge in [0.2, 0.25) is 5.91 Å². The lowest BCUT2D eigenvalue weighted by Crippen LogP contribution is -2.54. The number of aliphatic carboxylic acids is 1. The minimum atomic E-state index is -1.60. The van der Waals surface area contributed by atoms with Crippen molar-refractivity contribution in [1.29, 1.82) is 0 Å². The normalized spacial score (nSPS) is 14.5. The largest absolute Gasteiger partial charge is 0.481 e. The number of carbonyl (C=O) groups excluding carboxylic acids is 5. The lowest BCUT2D eigenvalue weighted by Gasteiger charge is -2.27. The van der Waals surface area contributed by atoms with Gasteiger partial charge in [-0.15, -0.1) is 0 Å². The Labute approximate surface area is 275 Å². The summed E-state index contributed by atoms with van der Waals surface area (Å²) in [6.45, 7) is -0.883. The molecule has 0 heterocycles. The molecule has 2 atom stereocenters. The third-order valence-electron chi connectivity index (χ3n) is 7.76. The predicted molar refractivity (Wildman–Crippen MR) is 172 cm³/mol. The number of ether oxygens (including phenoxy) is 1. The molecule has 3 aromatic rings. The molecule has 1 fully saturated rings. The van der Waals surface area contributed by atoms with Gasteiger partial charge in [0.15, 0.2) is 12.4 Å². The summed E-state index contributed by atoms with van der Waals surface area (Å²) >= 11 is 12.0. The van der Waals surface area contributed by atoms with Gasteiger partial charge in [0.1, 0.15) is 12.1 Å². The number of carbonyl (C=O) groups is 6. The van der Waals surface area contributed by atoms with E-state index >= 15 is 0 Å². The molecule has 13 heteroatoms. The summed E-state index contributed by atoms with van der Waals surface area (Å²) in [4.78, 5) is 76.7. The number of nitrogens with one attached hydrogen (secondary N) is 3. The number of hydrogen-bond donors (Lipinski definition) is 4. The van der Waals surface area contributed by atoms with E-state index < -0.39 is 60.6 Å². The summed E-state index contributed by atoms with van der Waals surface area (Å²) in [7, 11) is 0. The van der Waals surface area contributed by atoms with Crippen LogP contribution in [0.15, 0.2) is 60.7 Å². The summed E-state index contributed by atoms with van der Waals surface area (Å²) in [5, 5.41) is 18.4. The molecule has 46 heavy (non-hydrogen) atoms. The topological polar surface area (TPSA) is 168 Å². The molecule has 0 bridgehead atoms. The summed E-state index contributed by atoms with van der Waals surface area (Å²) in [5.74, 6) is -6.19. The van der Waals surface area contributed by atoms with Crippen LogP contribution in [0.2, 0.25) is 10.0 Å².